The van der Waals surface area contributed by atoms with Gasteiger partial charge in [-0.1, -0.05) is 6.92 Å². The minimum atomic E-state index is -0.0689. The summed E-state index contributed by atoms with van der Waals surface area (Å²) in [6.45, 7) is 8.48. The number of aromatic amines is 1. The van der Waals surface area contributed by atoms with Gasteiger partial charge in [0.2, 0.25) is 0 Å². The van der Waals surface area contributed by atoms with Crippen molar-refractivity contribution in [3.8, 4) is 0 Å². The maximum absolute atomic E-state index is 12.9. The van der Waals surface area contributed by atoms with Crippen molar-refractivity contribution in [2.75, 3.05) is 19.7 Å². The number of hydrogen-bond donors (Lipinski definition) is 2. The van der Waals surface area contributed by atoms with Gasteiger partial charge in [-0.2, -0.15) is 0 Å². The number of hydrogen-bond acceptors (Lipinski definition) is 5. The summed E-state index contributed by atoms with van der Waals surface area (Å²) in [5.41, 5.74) is 1.24. The number of thiophene rings is 1. The molecule has 0 amide bonds. The van der Waals surface area contributed by atoms with Gasteiger partial charge < -0.3 is 14.6 Å². The Morgan fingerprint density at radius 3 is 2.82 bits per heavy atom. The highest BCUT2D eigenvalue weighted by Crippen LogP contribution is 2.35. The lowest BCUT2D eigenvalue weighted by Crippen LogP contribution is -3.13. The van der Waals surface area contributed by atoms with Gasteiger partial charge >= 0.3 is 5.97 Å². The molecule has 1 saturated heterocycles. The SMILES string of the molecule is CCOC(=O)C1CC[NH+]([C@@H](C)c2nc3sc4c(c3c(=O)[nH]2)CC[C@@H](C)C4)CC1. The zero-order valence-corrected chi connectivity index (χ0v) is 17.8. The lowest BCUT2D eigenvalue weighted by molar-refractivity contribution is -0.935. The van der Waals surface area contributed by atoms with Crippen LogP contribution in [0.3, 0.4) is 0 Å². The second-order valence-electron chi connectivity index (χ2n) is 8.39. The van der Waals surface area contributed by atoms with E-state index in [0.29, 0.717) is 12.5 Å². The molecule has 0 spiro atoms. The molecule has 0 aromatic carbocycles. The number of piperidine rings is 1. The Morgan fingerprint density at radius 1 is 1.36 bits per heavy atom. The van der Waals surface area contributed by atoms with Gasteiger partial charge in [-0.25, -0.2) is 4.98 Å². The number of H-pyrrole nitrogens is 1. The van der Waals surface area contributed by atoms with E-state index in [4.69, 9.17) is 9.72 Å². The van der Waals surface area contributed by atoms with Gasteiger partial charge in [0.25, 0.3) is 5.56 Å². The largest absolute Gasteiger partial charge is 0.466 e. The third-order valence-corrected chi connectivity index (χ3v) is 7.60. The molecule has 28 heavy (non-hydrogen) atoms. The Morgan fingerprint density at radius 2 is 2.11 bits per heavy atom. The van der Waals surface area contributed by atoms with Crippen LogP contribution in [0.4, 0.5) is 0 Å². The number of carbonyl (C=O) groups excluding carboxylic acids is 1. The van der Waals surface area contributed by atoms with Crippen LogP contribution in [0.15, 0.2) is 4.79 Å². The maximum Gasteiger partial charge on any atom is 0.309 e. The van der Waals surface area contributed by atoms with Crippen molar-refractivity contribution < 1.29 is 14.4 Å². The predicted octanol–water partition coefficient (Wildman–Crippen LogP) is 2.03. The average Bonchev–Trinajstić information content (AvgIpc) is 3.05. The van der Waals surface area contributed by atoms with Crippen LogP contribution >= 0.6 is 11.3 Å². The highest BCUT2D eigenvalue weighted by Gasteiger charge is 2.33. The molecule has 2 aliphatic rings. The molecule has 6 nitrogen and oxygen atoms in total. The fourth-order valence-corrected chi connectivity index (χ4v) is 6.07. The van der Waals surface area contributed by atoms with Crippen LogP contribution in [0.25, 0.3) is 10.2 Å². The molecule has 0 bridgehead atoms. The number of carbonyl (C=O) groups is 1. The minimum absolute atomic E-state index is 0.0106. The van der Waals surface area contributed by atoms with Crippen molar-refractivity contribution in [3.63, 3.8) is 0 Å². The number of quaternary nitrogens is 1. The Hall–Kier alpha value is -1.73. The third kappa shape index (κ3) is 3.62. The van der Waals surface area contributed by atoms with Crippen LogP contribution in [0, 0.1) is 11.8 Å². The third-order valence-electron chi connectivity index (χ3n) is 6.45. The van der Waals surface area contributed by atoms with Gasteiger partial charge in [0, 0.05) is 17.7 Å². The first-order valence-electron chi connectivity index (χ1n) is 10.5. The van der Waals surface area contributed by atoms with Crippen molar-refractivity contribution in [1.29, 1.82) is 0 Å². The summed E-state index contributed by atoms with van der Waals surface area (Å²) < 4.78 is 5.17. The van der Waals surface area contributed by atoms with E-state index in [0.717, 1.165) is 61.2 Å². The summed E-state index contributed by atoms with van der Waals surface area (Å²) in [6.07, 6.45) is 4.86. The van der Waals surface area contributed by atoms with Gasteiger partial charge in [0.1, 0.15) is 10.9 Å². The lowest BCUT2D eigenvalue weighted by Gasteiger charge is -2.31. The fourth-order valence-electron chi connectivity index (χ4n) is 4.68. The summed E-state index contributed by atoms with van der Waals surface area (Å²) in [6, 6.07) is 0.110. The van der Waals surface area contributed by atoms with E-state index in [1.807, 2.05) is 6.92 Å². The predicted molar refractivity (Wildman–Crippen MR) is 110 cm³/mol. The zero-order chi connectivity index (χ0) is 19.8. The topological polar surface area (TPSA) is 76.5 Å². The van der Waals surface area contributed by atoms with E-state index in [2.05, 4.69) is 18.8 Å². The molecule has 0 radical (unpaired) electrons. The summed E-state index contributed by atoms with van der Waals surface area (Å²) in [7, 11) is 0. The van der Waals surface area contributed by atoms with Gasteiger partial charge in [-0.05, 0) is 44.6 Å². The molecule has 7 heteroatoms. The highest BCUT2D eigenvalue weighted by molar-refractivity contribution is 7.18. The van der Waals surface area contributed by atoms with Crippen LogP contribution in [-0.2, 0) is 22.4 Å². The van der Waals surface area contributed by atoms with Crippen molar-refractivity contribution in [2.45, 2.75) is 58.9 Å². The Balaban J connectivity index is 1.53. The number of ether oxygens (including phenoxy) is 1. The number of likely N-dealkylation sites (tertiary alicyclic amines) is 1. The summed E-state index contributed by atoms with van der Waals surface area (Å²) in [4.78, 5) is 36.4. The first-order valence-corrected chi connectivity index (χ1v) is 11.3. The standard InChI is InChI=1S/C21H29N3O3S/c1-4-27-21(26)14-7-9-24(10-8-14)13(3)18-22-19(25)17-15-6-5-12(2)11-16(15)28-20(17)23-18/h12-14H,4-11H2,1-3H3,(H,22,23,25)/p+1/t12-,13+/m1/s1. The van der Waals surface area contributed by atoms with E-state index in [1.165, 1.54) is 15.3 Å². The number of esters is 1. The molecule has 2 aromatic rings. The van der Waals surface area contributed by atoms with Gasteiger partial charge in [-0.15, -0.1) is 11.3 Å². The maximum atomic E-state index is 12.9. The number of rotatable bonds is 4. The van der Waals surface area contributed by atoms with E-state index in [1.54, 1.807) is 11.3 Å². The minimum Gasteiger partial charge on any atom is -0.466 e. The Bertz CT molecular complexity index is 927. The van der Waals surface area contributed by atoms with Gasteiger partial charge in [0.15, 0.2) is 5.82 Å². The molecule has 0 saturated carbocycles. The summed E-state index contributed by atoms with van der Waals surface area (Å²) >= 11 is 1.70. The molecule has 1 fully saturated rings. The first-order chi connectivity index (χ1) is 13.5. The van der Waals surface area contributed by atoms with Crippen LogP contribution < -0.4 is 10.5 Å². The smallest absolute Gasteiger partial charge is 0.309 e. The molecule has 1 aliphatic carbocycles. The number of fused-ring (bicyclic) bond motifs is 3. The van der Waals surface area contributed by atoms with Crippen LogP contribution in [0.1, 0.15) is 62.3 Å². The summed E-state index contributed by atoms with van der Waals surface area (Å²) in [5.74, 6) is 1.40. The van der Waals surface area contributed by atoms with Crippen molar-refractivity contribution in [1.82, 2.24) is 9.97 Å². The van der Waals surface area contributed by atoms with E-state index in [-0.39, 0.29) is 23.5 Å². The summed E-state index contributed by atoms with van der Waals surface area (Å²) in [5, 5.41) is 0.818. The van der Waals surface area contributed by atoms with Crippen molar-refractivity contribution in [2.24, 2.45) is 11.8 Å². The van der Waals surface area contributed by atoms with E-state index < -0.39 is 0 Å². The number of nitrogens with zero attached hydrogens (tertiary/aromatic N) is 1. The average molecular weight is 405 g/mol. The van der Waals surface area contributed by atoms with Gasteiger partial charge in [0.05, 0.1) is 31.0 Å². The van der Waals surface area contributed by atoms with Crippen LogP contribution in [-0.4, -0.2) is 35.6 Å². The molecule has 2 atom stereocenters. The van der Waals surface area contributed by atoms with Crippen LogP contribution in [0.5, 0.6) is 0 Å². The second kappa shape index (κ2) is 7.95. The number of aryl methyl sites for hydroxylation is 1. The molecule has 1 aliphatic heterocycles. The van der Waals surface area contributed by atoms with Crippen molar-refractivity contribution in [3.05, 3.63) is 26.6 Å². The quantitative estimate of drug-likeness (QED) is 0.765. The molecule has 2 aromatic heterocycles. The van der Waals surface area contributed by atoms with E-state index >= 15 is 0 Å². The molecule has 0 unspecified atom stereocenters. The van der Waals surface area contributed by atoms with Crippen LogP contribution in [0.2, 0.25) is 0 Å². The molecule has 152 valence electrons. The Labute approximate surface area is 169 Å². The van der Waals surface area contributed by atoms with Crippen molar-refractivity contribution >= 4 is 27.5 Å². The monoisotopic (exact) mass is 404 g/mol. The number of aromatic nitrogens is 2. The molecular formula is C21H30N3O3S+. The molecular weight excluding hydrogens is 374 g/mol. The Kier molecular flexibility index (Phi) is 5.56. The zero-order valence-electron chi connectivity index (χ0n) is 17.0. The van der Waals surface area contributed by atoms with E-state index in [9.17, 15) is 9.59 Å². The first kappa shape index (κ1) is 19.6. The molecule has 2 N–H and O–H groups in total. The molecule has 3 heterocycles. The second-order valence-corrected chi connectivity index (χ2v) is 9.47. The van der Waals surface area contributed by atoms with Gasteiger partial charge in [-0.3, -0.25) is 9.59 Å². The fraction of sp³-hybridized carbons (Fsp3) is 0.667. The lowest BCUT2D eigenvalue weighted by atomic mass is 9.89. The normalized spacial score (nSPS) is 26.0. The highest BCUT2D eigenvalue weighted by atomic mass is 32.1. The number of nitrogens with one attached hydrogen (secondary N) is 2. The molecule has 4 rings (SSSR count).